The Labute approximate surface area is 166 Å². The number of esters is 4. The molecule has 8 nitrogen and oxygen atoms in total. The third-order valence-corrected chi connectivity index (χ3v) is 3.14. The number of ether oxygens (including phenoxy) is 4. The number of carbonyl (C=O) groups is 4. The molecule has 0 fully saturated rings. The van der Waals surface area contributed by atoms with Crippen LogP contribution in [0.1, 0.15) is 60.3 Å². The zero-order valence-electron chi connectivity index (χ0n) is 17.5. The third kappa shape index (κ3) is 14.8. The van der Waals surface area contributed by atoms with Crippen molar-refractivity contribution in [2.45, 2.75) is 65.9 Å². The zero-order valence-corrected chi connectivity index (χ0v) is 17.5. The fourth-order valence-electron chi connectivity index (χ4n) is 1.79. The summed E-state index contributed by atoms with van der Waals surface area (Å²) in [6.45, 7) is 12.4. The van der Waals surface area contributed by atoms with Crippen LogP contribution in [0.5, 0.6) is 0 Å². The molecule has 0 unspecified atom stereocenters. The first-order valence-corrected chi connectivity index (χ1v) is 9.17. The van der Waals surface area contributed by atoms with E-state index in [9.17, 15) is 19.2 Å². The molecule has 0 aliphatic carbocycles. The fraction of sp³-hybridized carbons (Fsp3) is 0.700. The SMILES string of the molecule is C=CC(=O)OCC(C)(C)COC(=O)CCC(=O)OCCCC(=O)OC(C)(C)C. The fourth-order valence-corrected chi connectivity index (χ4v) is 1.79. The average Bonchev–Trinajstić information content (AvgIpc) is 2.58. The molecule has 0 bridgehead atoms. The van der Waals surface area contributed by atoms with Crippen LogP contribution in [0.4, 0.5) is 0 Å². The van der Waals surface area contributed by atoms with Crippen LogP contribution in [-0.2, 0) is 38.1 Å². The largest absolute Gasteiger partial charge is 0.466 e. The molecule has 8 heteroatoms. The van der Waals surface area contributed by atoms with Gasteiger partial charge in [0.25, 0.3) is 0 Å². The summed E-state index contributed by atoms with van der Waals surface area (Å²) in [7, 11) is 0. The normalized spacial score (nSPS) is 11.3. The highest BCUT2D eigenvalue weighted by Gasteiger charge is 2.23. The van der Waals surface area contributed by atoms with Crippen LogP contribution in [0.3, 0.4) is 0 Å². The molecule has 160 valence electrons. The van der Waals surface area contributed by atoms with E-state index in [0.717, 1.165) is 6.08 Å². The molecule has 0 saturated carbocycles. The highest BCUT2D eigenvalue weighted by Crippen LogP contribution is 2.16. The minimum Gasteiger partial charge on any atom is -0.466 e. The Morgan fingerprint density at radius 2 is 1.32 bits per heavy atom. The van der Waals surface area contributed by atoms with Gasteiger partial charge in [-0.05, 0) is 27.2 Å². The second-order valence-electron chi connectivity index (χ2n) is 8.05. The first kappa shape index (κ1) is 25.6. The quantitative estimate of drug-likeness (QED) is 0.213. The summed E-state index contributed by atoms with van der Waals surface area (Å²) in [5.41, 5.74) is -1.10. The molecule has 0 aromatic rings. The van der Waals surface area contributed by atoms with E-state index in [1.165, 1.54) is 0 Å². The molecule has 0 radical (unpaired) electrons. The van der Waals surface area contributed by atoms with Gasteiger partial charge in [-0.25, -0.2) is 4.79 Å². The standard InChI is InChI=1S/C20H32O8/c1-7-15(21)26-13-20(5,6)14-27-17(23)11-10-16(22)25-12-8-9-18(24)28-19(2,3)4/h7H,1,8-14H2,2-6H3. The molecule has 0 aromatic heterocycles. The molecule has 0 saturated heterocycles. The lowest BCUT2D eigenvalue weighted by molar-refractivity contribution is -0.156. The van der Waals surface area contributed by atoms with Gasteiger partial charge in [-0.15, -0.1) is 0 Å². The highest BCUT2D eigenvalue weighted by molar-refractivity contribution is 5.81. The van der Waals surface area contributed by atoms with Crippen molar-refractivity contribution in [3.05, 3.63) is 12.7 Å². The van der Waals surface area contributed by atoms with Crippen LogP contribution in [-0.4, -0.2) is 49.3 Å². The van der Waals surface area contributed by atoms with Crippen molar-refractivity contribution in [1.82, 2.24) is 0 Å². The minimum atomic E-state index is -0.559. The lowest BCUT2D eigenvalue weighted by atomic mass is 9.96. The van der Waals surface area contributed by atoms with Crippen LogP contribution in [0.25, 0.3) is 0 Å². The van der Waals surface area contributed by atoms with Crippen LogP contribution in [0.2, 0.25) is 0 Å². The number of rotatable bonds is 12. The maximum atomic E-state index is 11.7. The predicted molar refractivity (Wildman–Crippen MR) is 101 cm³/mol. The van der Waals surface area contributed by atoms with Crippen LogP contribution in [0.15, 0.2) is 12.7 Å². The molecule has 0 aliphatic heterocycles. The first-order valence-electron chi connectivity index (χ1n) is 9.17. The number of hydrogen-bond donors (Lipinski definition) is 0. The minimum absolute atomic E-state index is 0.0428. The molecule has 28 heavy (non-hydrogen) atoms. The summed E-state index contributed by atoms with van der Waals surface area (Å²) in [6.07, 6.45) is 1.33. The van der Waals surface area contributed by atoms with Crippen molar-refractivity contribution in [1.29, 1.82) is 0 Å². The molecule has 0 rings (SSSR count). The molecule has 0 aliphatic rings. The van der Waals surface area contributed by atoms with Gasteiger partial charge >= 0.3 is 23.9 Å². The van der Waals surface area contributed by atoms with Crippen molar-refractivity contribution in [2.24, 2.45) is 5.41 Å². The lowest BCUT2D eigenvalue weighted by Gasteiger charge is -2.23. The highest BCUT2D eigenvalue weighted by atomic mass is 16.6. The Bertz CT molecular complexity index is 557. The van der Waals surface area contributed by atoms with Crippen LogP contribution < -0.4 is 0 Å². The molecule has 0 heterocycles. The summed E-state index contributed by atoms with van der Waals surface area (Å²) in [4.78, 5) is 45.9. The first-order chi connectivity index (χ1) is 12.8. The Hall–Kier alpha value is -2.38. The van der Waals surface area contributed by atoms with Gasteiger partial charge in [0.2, 0.25) is 0 Å². The van der Waals surface area contributed by atoms with E-state index in [1.54, 1.807) is 34.6 Å². The third-order valence-electron chi connectivity index (χ3n) is 3.14. The molecule has 0 N–H and O–H groups in total. The van der Waals surface area contributed by atoms with Crippen molar-refractivity contribution in [3.63, 3.8) is 0 Å². The topological polar surface area (TPSA) is 105 Å². The van der Waals surface area contributed by atoms with E-state index in [0.29, 0.717) is 6.42 Å². The van der Waals surface area contributed by atoms with Gasteiger partial charge in [0.15, 0.2) is 0 Å². The Morgan fingerprint density at radius 3 is 1.86 bits per heavy atom. The summed E-state index contributed by atoms with van der Waals surface area (Å²) in [6, 6.07) is 0. The van der Waals surface area contributed by atoms with Gasteiger partial charge in [0, 0.05) is 17.9 Å². The van der Waals surface area contributed by atoms with Gasteiger partial charge in [-0.2, -0.15) is 0 Å². The van der Waals surface area contributed by atoms with E-state index >= 15 is 0 Å². The van der Waals surface area contributed by atoms with E-state index in [-0.39, 0.29) is 45.1 Å². The van der Waals surface area contributed by atoms with Crippen LogP contribution >= 0.6 is 0 Å². The molecule has 0 atom stereocenters. The van der Waals surface area contributed by atoms with Crippen LogP contribution in [0, 0.1) is 5.41 Å². The number of hydrogen-bond acceptors (Lipinski definition) is 8. The Kier molecular flexibility index (Phi) is 11.1. The van der Waals surface area contributed by atoms with Gasteiger partial charge in [-0.3, -0.25) is 14.4 Å². The van der Waals surface area contributed by atoms with Gasteiger partial charge in [-0.1, -0.05) is 20.4 Å². The lowest BCUT2D eigenvalue weighted by Crippen LogP contribution is -2.28. The Morgan fingerprint density at radius 1 is 0.786 bits per heavy atom. The summed E-state index contributed by atoms with van der Waals surface area (Å²) >= 11 is 0. The second-order valence-corrected chi connectivity index (χ2v) is 8.05. The smallest absolute Gasteiger partial charge is 0.330 e. The maximum Gasteiger partial charge on any atom is 0.330 e. The summed E-state index contributed by atoms with van der Waals surface area (Å²) in [5, 5.41) is 0. The van der Waals surface area contributed by atoms with Gasteiger partial charge in [0.05, 0.1) is 32.7 Å². The maximum absolute atomic E-state index is 11.7. The monoisotopic (exact) mass is 400 g/mol. The van der Waals surface area contributed by atoms with Gasteiger partial charge < -0.3 is 18.9 Å². The van der Waals surface area contributed by atoms with Crippen molar-refractivity contribution < 1.29 is 38.1 Å². The molecular formula is C20H32O8. The molecular weight excluding hydrogens is 368 g/mol. The molecule has 0 amide bonds. The van der Waals surface area contributed by atoms with E-state index < -0.39 is 28.9 Å². The van der Waals surface area contributed by atoms with Crippen molar-refractivity contribution in [3.8, 4) is 0 Å². The van der Waals surface area contributed by atoms with Crippen molar-refractivity contribution >= 4 is 23.9 Å². The van der Waals surface area contributed by atoms with Gasteiger partial charge in [0.1, 0.15) is 5.60 Å². The predicted octanol–water partition coefficient (Wildman–Crippen LogP) is 2.73. The van der Waals surface area contributed by atoms with Crippen molar-refractivity contribution in [2.75, 3.05) is 19.8 Å². The van der Waals surface area contributed by atoms with E-state index in [4.69, 9.17) is 18.9 Å². The van der Waals surface area contributed by atoms with E-state index in [1.807, 2.05) is 0 Å². The summed E-state index contributed by atoms with van der Waals surface area (Å²) in [5.74, 6) is -1.99. The zero-order chi connectivity index (χ0) is 21.8. The van der Waals surface area contributed by atoms with E-state index in [2.05, 4.69) is 6.58 Å². The average molecular weight is 400 g/mol. The molecule has 0 aromatic carbocycles. The molecule has 0 spiro atoms. The number of carbonyl (C=O) groups excluding carboxylic acids is 4. The second kappa shape index (κ2) is 12.2. The Balaban J connectivity index is 3.91. The summed E-state index contributed by atoms with van der Waals surface area (Å²) < 4.78 is 20.1.